The van der Waals surface area contributed by atoms with Crippen molar-refractivity contribution in [1.29, 1.82) is 0 Å². The Hall–Kier alpha value is -2.32. The predicted molar refractivity (Wildman–Crippen MR) is 142 cm³/mol. The van der Waals surface area contributed by atoms with Crippen molar-refractivity contribution in [3.8, 4) is 5.75 Å². The van der Waals surface area contributed by atoms with Gasteiger partial charge in [0.15, 0.2) is 0 Å². The van der Waals surface area contributed by atoms with E-state index in [2.05, 4.69) is 37.7 Å². The molecule has 3 N–H and O–H groups in total. The first-order valence-electron chi connectivity index (χ1n) is 13.4. The summed E-state index contributed by atoms with van der Waals surface area (Å²) in [5.74, 6) is 3.11. The molecular weight excluding hydrogens is 462 g/mol. The van der Waals surface area contributed by atoms with Crippen LogP contribution in [0.5, 0.6) is 5.75 Å². The second-order valence-electron chi connectivity index (χ2n) is 10.1. The van der Waals surface area contributed by atoms with Crippen LogP contribution in [0.25, 0.3) is 0 Å². The summed E-state index contributed by atoms with van der Waals surface area (Å²) >= 11 is 6.47. The smallest absolute Gasteiger partial charge is 0.233 e. The van der Waals surface area contributed by atoms with Gasteiger partial charge in [-0.05, 0) is 75.7 Å². The second-order valence-corrected chi connectivity index (χ2v) is 10.5. The molecule has 1 unspecified atom stereocenters. The fourth-order valence-corrected chi connectivity index (χ4v) is 5.36. The summed E-state index contributed by atoms with van der Waals surface area (Å²) in [6.07, 6.45) is 11.5. The number of aromatic nitrogens is 3. The minimum absolute atomic E-state index is 0.310. The largest absolute Gasteiger partial charge is 0.489 e. The molecule has 0 spiro atoms. The van der Waals surface area contributed by atoms with Crippen molar-refractivity contribution in [2.75, 3.05) is 42.1 Å². The molecule has 2 aromatic rings. The summed E-state index contributed by atoms with van der Waals surface area (Å²) in [6, 6.07) is 6.24. The van der Waals surface area contributed by atoms with Gasteiger partial charge in [-0.15, -0.1) is 0 Å². The lowest BCUT2D eigenvalue weighted by Crippen LogP contribution is -2.35. The maximum atomic E-state index is 6.47. The van der Waals surface area contributed by atoms with Crippen LogP contribution in [0.4, 0.5) is 23.5 Å². The molecule has 3 aliphatic rings. The Bertz CT molecular complexity index is 980. The van der Waals surface area contributed by atoms with Gasteiger partial charge in [-0.2, -0.15) is 15.0 Å². The summed E-state index contributed by atoms with van der Waals surface area (Å²) in [7, 11) is 0. The van der Waals surface area contributed by atoms with Gasteiger partial charge < -0.3 is 20.7 Å². The van der Waals surface area contributed by atoms with E-state index in [9.17, 15) is 0 Å². The molecule has 1 aromatic heterocycles. The third-order valence-electron chi connectivity index (χ3n) is 7.32. The Morgan fingerprint density at radius 1 is 0.914 bits per heavy atom. The molecule has 2 aliphatic carbocycles. The van der Waals surface area contributed by atoms with Crippen molar-refractivity contribution in [3.63, 3.8) is 0 Å². The molecule has 35 heavy (non-hydrogen) atoms. The van der Waals surface area contributed by atoms with E-state index in [4.69, 9.17) is 21.3 Å². The molecule has 190 valence electrons. The molecular formula is C26H38ClN7O. The fraction of sp³-hybridized carbons (Fsp3) is 0.654. The first-order chi connectivity index (χ1) is 17.2. The Morgan fingerprint density at radius 2 is 1.66 bits per heavy atom. The highest BCUT2D eigenvalue weighted by molar-refractivity contribution is 6.32. The molecule has 0 bridgehead atoms. The Morgan fingerprint density at radius 3 is 2.37 bits per heavy atom. The molecule has 2 saturated carbocycles. The molecule has 5 rings (SSSR count). The molecule has 0 amide bonds. The number of hydrogen-bond acceptors (Lipinski definition) is 8. The number of ether oxygens (including phenoxy) is 1. The van der Waals surface area contributed by atoms with Gasteiger partial charge in [-0.1, -0.05) is 37.8 Å². The van der Waals surface area contributed by atoms with Crippen molar-refractivity contribution >= 4 is 35.1 Å². The van der Waals surface area contributed by atoms with Crippen molar-refractivity contribution in [2.24, 2.45) is 5.92 Å². The standard InChI is InChI=1S/C26H38ClN7O/c1-2-34-14-6-9-20(34)17-29-25-31-24(28-16-18-7-4-3-5-8-18)32-26(33-25)30-19-10-13-23(22(27)15-19)35-21-11-12-21/h10,13,15,18,20-21H,2-9,11-12,14,16-17H2,1H3,(H3,28,29,30,31,32,33). The van der Waals surface area contributed by atoms with E-state index in [1.54, 1.807) is 0 Å². The topological polar surface area (TPSA) is 87.2 Å². The summed E-state index contributed by atoms with van der Waals surface area (Å²) in [5.41, 5.74) is 0.821. The summed E-state index contributed by atoms with van der Waals surface area (Å²) < 4.78 is 5.86. The zero-order valence-corrected chi connectivity index (χ0v) is 21.5. The molecule has 9 heteroatoms. The molecule has 8 nitrogen and oxygen atoms in total. The van der Waals surface area contributed by atoms with Crippen LogP contribution in [-0.2, 0) is 0 Å². The second kappa shape index (κ2) is 11.6. The molecule has 2 heterocycles. The van der Waals surface area contributed by atoms with E-state index in [0.717, 1.165) is 43.9 Å². The highest BCUT2D eigenvalue weighted by Crippen LogP contribution is 2.34. The Labute approximate surface area is 213 Å². The summed E-state index contributed by atoms with van der Waals surface area (Å²) in [5, 5.41) is 10.9. The van der Waals surface area contributed by atoms with E-state index >= 15 is 0 Å². The normalized spacial score (nSPS) is 21.1. The summed E-state index contributed by atoms with van der Waals surface area (Å²) in [4.78, 5) is 16.5. The van der Waals surface area contributed by atoms with Crippen molar-refractivity contribution < 1.29 is 4.74 Å². The van der Waals surface area contributed by atoms with Gasteiger partial charge in [-0.3, -0.25) is 4.90 Å². The highest BCUT2D eigenvalue weighted by Gasteiger charge is 2.25. The first-order valence-corrected chi connectivity index (χ1v) is 13.7. The van der Waals surface area contributed by atoms with Crippen LogP contribution in [0.2, 0.25) is 5.02 Å². The van der Waals surface area contributed by atoms with E-state index in [1.165, 1.54) is 51.5 Å². The Kier molecular flexibility index (Phi) is 8.09. The molecule has 3 fully saturated rings. The lowest BCUT2D eigenvalue weighted by molar-refractivity contribution is 0.277. The lowest BCUT2D eigenvalue weighted by Gasteiger charge is -2.23. The number of nitrogens with zero attached hydrogens (tertiary/aromatic N) is 4. The number of likely N-dealkylation sites (N-methyl/N-ethyl adjacent to an activating group) is 1. The van der Waals surface area contributed by atoms with Crippen molar-refractivity contribution in [2.45, 2.75) is 76.9 Å². The van der Waals surface area contributed by atoms with Crippen molar-refractivity contribution in [3.05, 3.63) is 23.2 Å². The van der Waals surface area contributed by atoms with E-state index < -0.39 is 0 Å². The first kappa shape index (κ1) is 24.4. The minimum atomic E-state index is 0.310. The molecule has 1 atom stereocenters. The minimum Gasteiger partial charge on any atom is -0.489 e. The number of likely N-dealkylation sites (tertiary alicyclic amines) is 1. The third kappa shape index (κ3) is 6.88. The number of nitrogens with one attached hydrogen (secondary N) is 3. The van der Waals surface area contributed by atoms with Crippen LogP contribution in [0.1, 0.15) is 64.7 Å². The SMILES string of the molecule is CCN1CCCC1CNc1nc(NCC2CCCCC2)nc(Nc2ccc(OC3CC3)c(Cl)c2)n1. The number of halogens is 1. The zero-order chi connectivity index (χ0) is 24.0. The lowest BCUT2D eigenvalue weighted by atomic mass is 9.89. The van der Waals surface area contributed by atoms with Gasteiger partial charge in [0.25, 0.3) is 0 Å². The molecule has 1 saturated heterocycles. The van der Waals surface area contributed by atoms with Crippen LogP contribution in [0, 0.1) is 5.92 Å². The van der Waals surface area contributed by atoms with E-state index in [1.807, 2.05) is 18.2 Å². The predicted octanol–water partition coefficient (Wildman–Crippen LogP) is 5.70. The Balaban J connectivity index is 1.28. The van der Waals surface area contributed by atoms with Crippen LogP contribution in [-0.4, -0.2) is 58.2 Å². The van der Waals surface area contributed by atoms with Crippen LogP contribution in [0.3, 0.4) is 0 Å². The maximum Gasteiger partial charge on any atom is 0.233 e. The van der Waals surface area contributed by atoms with E-state index in [0.29, 0.717) is 40.9 Å². The van der Waals surface area contributed by atoms with Gasteiger partial charge in [0.2, 0.25) is 17.8 Å². The maximum absolute atomic E-state index is 6.47. The van der Waals surface area contributed by atoms with Gasteiger partial charge in [0.05, 0.1) is 11.1 Å². The number of benzene rings is 1. The monoisotopic (exact) mass is 499 g/mol. The number of hydrogen-bond donors (Lipinski definition) is 3. The van der Waals surface area contributed by atoms with Gasteiger partial charge in [0.1, 0.15) is 5.75 Å². The van der Waals surface area contributed by atoms with E-state index in [-0.39, 0.29) is 0 Å². The van der Waals surface area contributed by atoms with Crippen LogP contribution >= 0.6 is 11.6 Å². The number of anilines is 4. The summed E-state index contributed by atoms with van der Waals surface area (Å²) in [6.45, 7) is 6.20. The highest BCUT2D eigenvalue weighted by atomic mass is 35.5. The zero-order valence-electron chi connectivity index (χ0n) is 20.7. The number of rotatable bonds is 11. The van der Waals surface area contributed by atoms with Crippen LogP contribution < -0.4 is 20.7 Å². The average molecular weight is 500 g/mol. The van der Waals surface area contributed by atoms with Crippen LogP contribution in [0.15, 0.2) is 18.2 Å². The molecule has 1 aliphatic heterocycles. The van der Waals surface area contributed by atoms with Gasteiger partial charge >= 0.3 is 0 Å². The quantitative estimate of drug-likeness (QED) is 0.363. The van der Waals surface area contributed by atoms with Crippen molar-refractivity contribution in [1.82, 2.24) is 19.9 Å². The van der Waals surface area contributed by atoms with Gasteiger partial charge in [-0.25, -0.2) is 0 Å². The fourth-order valence-electron chi connectivity index (χ4n) is 5.14. The third-order valence-corrected chi connectivity index (χ3v) is 7.61. The average Bonchev–Trinajstić information content (AvgIpc) is 3.58. The molecule has 1 aromatic carbocycles. The van der Waals surface area contributed by atoms with Gasteiger partial charge in [0, 0.05) is 24.8 Å². The molecule has 0 radical (unpaired) electrons.